The second-order valence-electron chi connectivity index (χ2n) is 10.2. The van der Waals surface area contributed by atoms with E-state index < -0.39 is 5.97 Å². The van der Waals surface area contributed by atoms with Crippen LogP contribution in [0, 0.1) is 19.8 Å². The summed E-state index contributed by atoms with van der Waals surface area (Å²) < 4.78 is 17.9. The van der Waals surface area contributed by atoms with E-state index in [9.17, 15) is 4.39 Å². The summed E-state index contributed by atoms with van der Waals surface area (Å²) in [5.41, 5.74) is 5.86. The van der Waals surface area contributed by atoms with Gasteiger partial charge in [0.2, 0.25) is 5.97 Å². The number of hydrogen-bond acceptors (Lipinski definition) is 3. The quantitative estimate of drug-likeness (QED) is 0.124. The summed E-state index contributed by atoms with van der Waals surface area (Å²) in [6.07, 6.45) is 22.8. The summed E-state index contributed by atoms with van der Waals surface area (Å²) in [5.74, 6) is 1.80. The third-order valence-electron chi connectivity index (χ3n) is 6.39. The van der Waals surface area contributed by atoms with Crippen molar-refractivity contribution >= 4 is 11.8 Å². The first-order chi connectivity index (χ1) is 20.7. The molecule has 0 bridgehead atoms. The van der Waals surface area contributed by atoms with Crippen molar-refractivity contribution in [2.75, 3.05) is 20.7 Å². The first-order valence-corrected chi connectivity index (χ1v) is 16.1. The van der Waals surface area contributed by atoms with Gasteiger partial charge in [-0.2, -0.15) is 4.39 Å². The van der Waals surface area contributed by atoms with Crippen LogP contribution in [0.25, 0.3) is 0 Å². The summed E-state index contributed by atoms with van der Waals surface area (Å²) in [4.78, 5) is 8.35. The van der Waals surface area contributed by atoms with Gasteiger partial charge in [-0.3, -0.25) is 9.98 Å². The highest BCUT2D eigenvalue weighted by atomic mass is 19.1. The molecule has 43 heavy (non-hydrogen) atoms. The highest BCUT2D eigenvalue weighted by Gasteiger charge is 2.11. The Morgan fingerprint density at radius 3 is 2.23 bits per heavy atom. The zero-order chi connectivity index (χ0) is 33.0. The number of nitrogens with one attached hydrogen (secondary N) is 1. The van der Waals surface area contributed by atoms with Crippen LogP contribution in [0.4, 0.5) is 4.39 Å². The number of unbranched alkanes of at least 4 members (excludes halogenated alkanes) is 2. The molecule has 5 heteroatoms. The maximum Gasteiger partial charge on any atom is 0.207 e. The molecule has 0 aliphatic heterocycles. The van der Waals surface area contributed by atoms with Crippen molar-refractivity contribution in [1.29, 1.82) is 0 Å². The maximum atomic E-state index is 12.3. The molecular formula is C38H62FN3O. The van der Waals surface area contributed by atoms with Crippen molar-refractivity contribution in [3.05, 3.63) is 88.7 Å². The summed E-state index contributed by atoms with van der Waals surface area (Å²) in [5, 5.41) is 3.43. The number of nitrogens with zero attached hydrogens (tertiary/aromatic N) is 2. The van der Waals surface area contributed by atoms with Gasteiger partial charge in [-0.1, -0.05) is 110 Å². The number of aliphatic imine (C=N–C) groups is 2. The number of rotatable bonds is 15. The van der Waals surface area contributed by atoms with Crippen molar-refractivity contribution in [2.24, 2.45) is 15.9 Å². The van der Waals surface area contributed by atoms with Gasteiger partial charge in [0, 0.05) is 18.2 Å². The van der Waals surface area contributed by atoms with Crippen molar-refractivity contribution in [3.8, 4) is 5.75 Å². The topological polar surface area (TPSA) is 46.0 Å². The molecule has 1 atom stereocenters. The van der Waals surface area contributed by atoms with Crippen LogP contribution in [-0.4, -0.2) is 32.5 Å². The van der Waals surface area contributed by atoms with Gasteiger partial charge in [0.25, 0.3) is 0 Å². The predicted molar refractivity (Wildman–Crippen MR) is 192 cm³/mol. The van der Waals surface area contributed by atoms with Crippen LogP contribution in [-0.2, 0) is 0 Å². The van der Waals surface area contributed by atoms with E-state index in [2.05, 4.69) is 101 Å². The number of ether oxygens (including phenoxy) is 1. The highest BCUT2D eigenvalue weighted by Crippen LogP contribution is 2.24. The molecule has 0 saturated carbocycles. The molecule has 4 nitrogen and oxygen atoms in total. The van der Waals surface area contributed by atoms with Crippen LogP contribution in [0.3, 0.4) is 0 Å². The van der Waals surface area contributed by atoms with Gasteiger partial charge in [0.15, 0.2) is 0 Å². The Morgan fingerprint density at radius 1 is 1.00 bits per heavy atom. The van der Waals surface area contributed by atoms with Crippen LogP contribution >= 0.6 is 0 Å². The van der Waals surface area contributed by atoms with Gasteiger partial charge in [-0.25, -0.2) is 0 Å². The second kappa shape index (κ2) is 27.6. The SMILES string of the molecule is CC.CC/C=C(/C=C\C(C)=C\CCC)CN=C(N/C=C/CCC)c1cc(C)cc(OC)c1C.CCC(C)/C=C\C(F)=NC. The van der Waals surface area contributed by atoms with Crippen LogP contribution in [0.2, 0.25) is 0 Å². The summed E-state index contributed by atoms with van der Waals surface area (Å²) in [7, 11) is 3.16. The second-order valence-corrected chi connectivity index (χ2v) is 10.2. The number of benzene rings is 1. The lowest BCUT2D eigenvalue weighted by molar-refractivity contribution is 0.411. The lowest BCUT2D eigenvalue weighted by Crippen LogP contribution is -2.21. The standard InChI is InChI=1S/C28H42N2O.C8H14FN.C2H6/c1-8-11-13-18-29-28(26-19-23(5)20-27(31-7)24(26)6)30-21-25(14-10-3)17-16-22(4)15-12-9-2;1-4-7(2)5-6-8(9)10-3;1-2/h13-20H,8-12,21H2,1-7H3,(H,29,30);5-7H,4H2,1-3H3;1-2H3/b17-16-,18-13+,22-15+,25-14-;6-5-,10-8?;. The Kier molecular flexibility index (Phi) is 26.9. The Morgan fingerprint density at radius 2 is 1.67 bits per heavy atom. The first kappa shape index (κ1) is 41.9. The molecule has 1 unspecified atom stereocenters. The molecule has 242 valence electrons. The molecule has 0 amide bonds. The minimum Gasteiger partial charge on any atom is -0.496 e. The van der Waals surface area contributed by atoms with Crippen molar-refractivity contribution < 1.29 is 9.13 Å². The van der Waals surface area contributed by atoms with E-state index in [-0.39, 0.29) is 0 Å². The summed E-state index contributed by atoms with van der Waals surface area (Å²) >= 11 is 0. The molecule has 0 radical (unpaired) electrons. The molecule has 0 spiro atoms. The van der Waals surface area contributed by atoms with E-state index >= 15 is 0 Å². The number of allylic oxidation sites excluding steroid dienone is 7. The highest BCUT2D eigenvalue weighted by molar-refractivity contribution is 6.01. The maximum absolute atomic E-state index is 12.3. The minimum atomic E-state index is -0.403. The van der Waals surface area contributed by atoms with E-state index in [0.29, 0.717) is 12.5 Å². The Balaban J connectivity index is 0. The molecule has 0 heterocycles. The average molecular weight is 596 g/mol. The third kappa shape index (κ3) is 20.4. The van der Waals surface area contributed by atoms with Gasteiger partial charge in [-0.05, 0) is 81.5 Å². The molecule has 0 aromatic heterocycles. The van der Waals surface area contributed by atoms with Gasteiger partial charge in [0.1, 0.15) is 11.6 Å². The average Bonchev–Trinajstić information content (AvgIpc) is 3.02. The molecule has 1 N–H and O–H groups in total. The van der Waals surface area contributed by atoms with Crippen LogP contribution < -0.4 is 10.1 Å². The fourth-order valence-electron chi connectivity index (χ4n) is 3.63. The summed E-state index contributed by atoms with van der Waals surface area (Å²) in [6.45, 7) is 21.6. The van der Waals surface area contributed by atoms with E-state index in [0.717, 1.165) is 60.4 Å². The van der Waals surface area contributed by atoms with E-state index in [1.165, 1.54) is 30.7 Å². The van der Waals surface area contributed by atoms with Crippen LogP contribution in [0.5, 0.6) is 5.75 Å². The molecule has 1 rings (SSSR count). The minimum absolute atomic E-state index is 0.403. The fourth-order valence-corrected chi connectivity index (χ4v) is 3.63. The largest absolute Gasteiger partial charge is 0.496 e. The van der Waals surface area contributed by atoms with Crippen molar-refractivity contribution in [1.82, 2.24) is 5.32 Å². The van der Waals surface area contributed by atoms with E-state index in [1.54, 1.807) is 7.11 Å². The zero-order valence-corrected chi connectivity index (χ0v) is 29.5. The van der Waals surface area contributed by atoms with Crippen LogP contribution in [0.15, 0.2) is 82.0 Å². The van der Waals surface area contributed by atoms with Crippen LogP contribution in [0.1, 0.15) is 111 Å². The monoisotopic (exact) mass is 595 g/mol. The number of amidine groups is 1. The summed E-state index contributed by atoms with van der Waals surface area (Å²) in [6, 6.07) is 4.24. The molecule has 0 aliphatic rings. The van der Waals surface area contributed by atoms with Gasteiger partial charge < -0.3 is 10.1 Å². The Labute approximate surface area is 264 Å². The lowest BCUT2D eigenvalue weighted by atomic mass is 10.0. The first-order valence-electron chi connectivity index (χ1n) is 16.1. The zero-order valence-electron chi connectivity index (χ0n) is 29.5. The predicted octanol–water partition coefficient (Wildman–Crippen LogP) is 11.2. The van der Waals surface area contributed by atoms with Gasteiger partial charge in [0.05, 0.1) is 13.7 Å². The van der Waals surface area contributed by atoms with E-state index in [1.807, 2.05) is 33.0 Å². The van der Waals surface area contributed by atoms with Gasteiger partial charge >= 0.3 is 0 Å². The number of aryl methyl sites for hydroxylation is 1. The lowest BCUT2D eigenvalue weighted by Gasteiger charge is -2.15. The third-order valence-corrected chi connectivity index (χ3v) is 6.39. The Hall–Kier alpha value is -3.21. The Bertz CT molecular complexity index is 1090. The van der Waals surface area contributed by atoms with Crippen molar-refractivity contribution in [3.63, 3.8) is 0 Å². The normalized spacial score (nSPS) is 13.6. The molecule has 0 fully saturated rings. The number of halogens is 1. The molecular weight excluding hydrogens is 533 g/mol. The van der Waals surface area contributed by atoms with E-state index in [4.69, 9.17) is 9.73 Å². The molecule has 1 aromatic rings. The smallest absolute Gasteiger partial charge is 0.207 e. The fraction of sp³-hybridized carbons (Fsp3) is 0.526. The molecule has 0 saturated heterocycles. The molecule has 0 aliphatic carbocycles. The number of hydrogen-bond donors (Lipinski definition) is 1. The molecule has 1 aromatic carbocycles. The van der Waals surface area contributed by atoms with Crippen molar-refractivity contribution in [2.45, 2.75) is 108 Å². The number of methoxy groups -OCH3 is 1. The van der Waals surface area contributed by atoms with Gasteiger partial charge in [-0.15, -0.1) is 0 Å².